The van der Waals surface area contributed by atoms with Crippen LogP contribution in [0.25, 0.3) is 0 Å². The topological polar surface area (TPSA) is 57.4 Å². The molecule has 0 amide bonds. The second-order valence-corrected chi connectivity index (χ2v) is 5.65. The maximum atomic E-state index is 14.1. The lowest BCUT2D eigenvalue weighted by atomic mass is 9.98. The van der Waals surface area contributed by atoms with Crippen LogP contribution in [0, 0.1) is 17.3 Å². The summed E-state index contributed by atoms with van der Waals surface area (Å²) in [5.41, 5.74) is 0.454. The lowest BCUT2D eigenvalue weighted by Gasteiger charge is -2.23. The zero-order valence-electron chi connectivity index (χ0n) is 11.9. The standard InChI is InChI=1S/C15H18FN3OS/c1-21-15(18-10-17)19-11-7-8-14(13(16)9-11)20-12-5-3-2-4-6-12/h7-9,12H,2-6H2,1H3,(H,18,19). The molecule has 1 saturated carbocycles. The number of hydrogen-bond donors (Lipinski definition) is 1. The summed E-state index contributed by atoms with van der Waals surface area (Å²) in [6.07, 6.45) is 9.21. The van der Waals surface area contributed by atoms with Crippen LogP contribution in [-0.4, -0.2) is 17.5 Å². The molecule has 1 aromatic carbocycles. The number of nitriles is 1. The molecule has 1 fully saturated rings. The molecule has 1 aliphatic rings. The minimum Gasteiger partial charge on any atom is -0.487 e. The van der Waals surface area contributed by atoms with E-state index in [0.29, 0.717) is 10.9 Å². The van der Waals surface area contributed by atoms with Crippen LogP contribution in [0.5, 0.6) is 5.75 Å². The Labute approximate surface area is 128 Å². The summed E-state index contributed by atoms with van der Waals surface area (Å²) >= 11 is 1.29. The van der Waals surface area contributed by atoms with Crippen molar-refractivity contribution in [3.63, 3.8) is 0 Å². The number of amidine groups is 1. The number of benzene rings is 1. The van der Waals surface area contributed by atoms with E-state index in [0.717, 1.165) is 25.7 Å². The fourth-order valence-corrected chi connectivity index (χ4v) is 2.65. The minimum absolute atomic E-state index is 0.115. The molecule has 4 nitrogen and oxygen atoms in total. The lowest BCUT2D eigenvalue weighted by Crippen LogP contribution is -2.20. The van der Waals surface area contributed by atoms with Crippen molar-refractivity contribution in [2.75, 3.05) is 6.26 Å². The van der Waals surface area contributed by atoms with Crippen molar-refractivity contribution in [3.05, 3.63) is 24.0 Å². The Morgan fingerprint density at radius 3 is 2.81 bits per heavy atom. The third-order valence-corrected chi connectivity index (χ3v) is 3.93. The van der Waals surface area contributed by atoms with Gasteiger partial charge in [0, 0.05) is 6.07 Å². The van der Waals surface area contributed by atoms with Gasteiger partial charge in [0.15, 0.2) is 22.9 Å². The fourth-order valence-electron chi connectivity index (χ4n) is 2.31. The van der Waals surface area contributed by atoms with Crippen molar-refractivity contribution < 1.29 is 9.13 Å². The van der Waals surface area contributed by atoms with Crippen LogP contribution in [0.15, 0.2) is 23.2 Å². The first kappa shape index (κ1) is 15.6. The van der Waals surface area contributed by atoms with E-state index in [4.69, 9.17) is 10.00 Å². The molecule has 1 aliphatic carbocycles. The van der Waals surface area contributed by atoms with E-state index in [1.54, 1.807) is 24.6 Å². The number of thioether (sulfide) groups is 1. The molecule has 0 saturated heterocycles. The Morgan fingerprint density at radius 1 is 1.43 bits per heavy atom. The smallest absolute Gasteiger partial charge is 0.183 e. The molecule has 0 heterocycles. The van der Waals surface area contributed by atoms with E-state index in [-0.39, 0.29) is 11.9 Å². The second-order valence-electron chi connectivity index (χ2n) is 4.85. The lowest BCUT2D eigenvalue weighted by molar-refractivity contribution is 0.149. The molecule has 0 spiro atoms. The van der Waals surface area contributed by atoms with Crippen LogP contribution < -0.4 is 10.1 Å². The summed E-state index contributed by atoms with van der Waals surface area (Å²) in [4.78, 5) is 4.17. The predicted octanol–water partition coefficient (Wildman–Crippen LogP) is 3.96. The SMILES string of the molecule is CSC(=Nc1ccc(OC2CCCCC2)c(F)c1)NC#N. The first-order chi connectivity index (χ1) is 10.2. The summed E-state index contributed by atoms with van der Waals surface area (Å²) in [7, 11) is 0. The molecule has 21 heavy (non-hydrogen) atoms. The predicted molar refractivity (Wildman–Crippen MR) is 83.3 cm³/mol. The van der Waals surface area contributed by atoms with E-state index in [2.05, 4.69) is 10.3 Å². The van der Waals surface area contributed by atoms with Crippen LogP contribution in [0.1, 0.15) is 32.1 Å². The summed E-state index contributed by atoms with van der Waals surface area (Å²) in [6.45, 7) is 0. The molecule has 2 rings (SSSR count). The Morgan fingerprint density at radius 2 is 2.19 bits per heavy atom. The van der Waals surface area contributed by atoms with Gasteiger partial charge in [-0.3, -0.25) is 5.32 Å². The molecule has 6 heteroatoms. The van der Waals surface area contributed by atoms with Gasteiger partial charge in [0.05, 0.1) is 11.8 Å². The average Bonchev–Trinajstić information content (AvgIpc) is 2.50. The van der Waals surface area contributed by atoms with E-state index in [1.165, 1.54) is 24.2 Å². The average molecular weight is 307 g/mol. The molecule has 112 valence electrons. The van der Waals surface area contributed by atoms with Gasteiger partial charge in [0.2, 0.25) is 0 Å². The second kappa shape index (κ2) is 7.89. The molecule has 1 aromatic rings. The highest BCUT2D eigenvalue weighted by Gasteiger charge is 2.16. The van der Waals surface area contributed by atoms with Gasteiger partial charge in [-0.15, -0.1) is 0 Å². The Bertz CT molecular complexity index is 550. The van der Waals surface area contributed by atoms with Gasteiger partial charge >= 0.3 is 0 Å². The van der Waals surface area contributed by atoms with Gasteiger partial charge in [0.25, 0.3) is 0 Å². The fraction of sp³-hybridized carbons (Fsp3) is 0.467. The third kappa shape index (κ3) is 4.64. The monoisotopic (exact) mass is 307 g/mol. The van der Waals surface area contributed by atoms with E-state index < -0.39 is 5.82 Å². The summed E-state index contributed by atoms with van der Waals surface area (Å²) in [5, 5.41) is 11.5. The van der Waals surface area contributed by atoms with Crippen molar-refractivity contribution in [1.29, 1.82) is 5.26 Å². The third-order valence-electron chi connectivity index (χ3n) is 3.35. The first-order valence-electron chi connectivity index (χ1n) is 6.97. The number of ether oxygens (including phenoxy) is 1. The Balaban J connectivity index is 2.08. The van der Waals surface area contributed by atoms with E-state index in [1.807, 2.05) is 0 Å². The first-order valence-corrected chi connectivity index (χ1v) is 8.19. The molecule has 0 radical (unpaired) electrons. The summed E-state index contributed by atoms with van der Waals surface area (Å²) < 4.78 is 19.8. The van der Waals surface area contributed by atoms with Crippen molar-refractivity contribution in [1.82, 2.24) is 5.32 Å². The van der Waals surface area contributed by atoms with Gasteiger partial charge in [-0.2, -0.15) is 5.26 Å². The van der Waals surface area contributed by atoms with Crippen LogP contribution in [-0.2, 0) is 0 Å². The molecule has 1 N–H and O–H groups in total. The highest BCUT2D eigenvalue weighted by atomic mass is 32.2. The number of aliphatic imine (C=N–C) groups is 1. The zero-order chi connectivity index (χ0) is 15.1. The molecule has 0 atom stereocenters. The highest BCUT2D eigenvalue weighted by Crippen LogP contribution is 2.28. The van der Waals surface area contributed by atoms with Gasteiger partial charge in [-0.25, -0.2) is 9.38 Å². The van der Waals surface area contributed by atoms with Crippen LogP contribution >= 0.6 is 11.8 Å². The van der Waals surface area contributed by atoms with Gasteiger partial charge in [0.1, 0.15) is 0 Å². The van der Waals surface area contributed by atoms with Crippen molar-refractivity contribution in [3.8, 4) is 11.9 Å². The molecule has 0 unspecified atom stereocenters. The maximum absolute atomic E-state index is 14.1. The minimum atomic E-state index is -0.417. The maximum Gasteiger partial charge on any atom is 0.183 e. The van der Waals surface area contributed by atoms with Crippen LogP contribution in [0.4, 0.5) is 10.1 Å². The Hall–Kier alpha value is -1.74. The zero-order valence-corrected chi connectivity index (χ0v) is 12.8. The van der Waals surface area contributed by atoms with Crippen molar-refractivity contribution in [2.24, 2.45) is 4.99 Å². The molecule has 0 aromatic heterocycles. The van der Waals surface area contributed by atoms with E-state index >= 15 is 0 Å². The van der Waals surface area contributed by atoms with E-state index in [9.17, 15) is 4.39 Å². The number of rotatable bonds is 3. The molecule has 0 bridgehead atoms. The van der Waals surface area contributed by atoms with Gasteiger partial charge in [-0.05, 0) is 44.1 Å². The van der Waals surface area contributed by atoms with Gasteiger partial charge < -0.3 is 4.74 Å². The summed E-state index contributed by atoms with van der Waals surface area (Å²) in [6, 6.07) is 4.62. The summed E-state index contributed by atoms with van der Waals surface area (Å²) in [5.74, 6) is -0.140. The van der Waals surface area contributed by atoms with Gasteiger partial charge in [-0.1, -0.05) is 18.2 Å². The highest BCUT2D eigenvalue weighted by molar-refractivity contribution is 8.13. The molecular formula is C15H18FN3OS. The Kier molecular flexibility index (Phi) is 5.88. The van der Waals surface area contributed by atoms with Crippen LogP contribution in [0.2, 0.25) is 0 Å². The number of nitrogens with one attached hydrogen (secondary N) is 1. The number of halogens is 1. The van der Waals surface area contributed by atoms with Crippen molar-refractivity contribution in [2.45, 2.75) is 38.2 Å². The number of nitrogens with zero attached hydrogens (tertiary/aromatic N) is 2. The largest absolute Gasteiger partial charge is 0.487 e. The molecular weight excluding hydrogens is 289 g/mol. The quantitative estimate of drug-likeness (QED) is 0.397. The van der Waals surface area contributed by atoms with Crippen LogP contribution in [0.3, 0.4) is 0 Å². The molecule has 0 aliphatic heterocycles. The normalized spacial score (nSPS) is 16.3. The van der Waals surface area contributed by atoms with Crippen molar-refractivity contribution >= 4 is 22.6 Å². The number of hydrogen-bond acceptors (Lipinski definition) is 4.